The number of rotatable bonds is 4. The molecular weight excluding hydrogens is 329 g/mol. The van der Waals surface area contributed by atoms with Crippen LogP contribution in [0.3, 0.4) is 0 Å². The van der Waals surface area contributed by atoms with Gasteiger partial charge in [-0.2, -0.15) is 13.2 Å². The van der Waals surface area contributed by atoms with E-state index in [0.29, 0.717) is 4.90 Å². The van der Waals surface area contributed by atoms with Crippen LogP contribution in [0.25, 0.3) is 0 Å². The summed E-state index contributed by atoms with van der Waals surface area (Å²) in [5.41, 5.74) is 0. The summed E-state index contributed by atoms with van der Waals surface area (Å²) in [6.45, 7) is 2.94. The zero-order valence-corrected chi connectivity index (χ0v) is 13.2. The second-order valence-electron chi connectivity index (χ2n) is 4.72. The fourth-order valence-corrected chi connectivity index (χ4v) is 3.78. The third-order valence-electron chi connectivity index (χ3n) is 2.62. The molecule has 21 heavy (non-hydrogen) atoms. The summed E-state index contributed by atoms with van der Waals surface area (Å²) < 4.78 is 60.1. The molecule has 0 bridgehead atoms. The van der Waals surface area contributed by atoms with Crippen LogP contribution in [0.15, 0.2) is 11.0 Å². The monoisotopic (exact) mass is 344 g/mol. The van der Waals surface area contributed by atoms with Crippen LogP contribution in [0.4, 0.5) is 13.2 Å². The Morgan fingerprint density at radius 3 is 2.29 bits per heavy atom. The molecule has 0 radical (unpaired) electrons. The van der Waals surface area contributed by atoms with Gasteiger partial charge in [0.25, 0.3) is 5.91 Å². The van der Waals surface area contributed by atoms with Gasteiger partial charge in [-0.25, -0.2) is 13.6 Å². The lowest BCUT2D eigenvalue weighted by Crippen LogP contribution is -2.43. The molecule has 1 aromatic rings. The van der Waals surface area contributed by atoms with Crippen molar-refractivity contribution >= 4 is 27.3 Å². The van der Waals surface area contributed by atoms with E-state index in [-0.39, 0.29) is 14.6 Å². The van der Waals surface area contributed by atoms with Crippen LogP contribution < -0.4 is 5.14 Å². The Hall–Kier alpha value is -1.13. The summed E-state index contributed by atoms with van der Waals surface area (Å²) in [4.78, 5) is 12.7. The molecule has 0 atom stereocenters. The summed E-state index contributed by atoms with van der Waals surface area (Å²) in [7, 11) is -4.01. The number of amides is 1. The fraction of sp³-hybridized carbons (Fsp3) is 0.545. The molecule has 1 amide bonds. The second-order valence-corrected chi connectivity index (χ2v) is 7.50. The first-order valence-corrected chi connectivity index (χ1v) is 8.20. The molecule has 0 aliphatic carbocycles. The minimum atomic E-state index is -4.53. The van der Waals surface area contributed by atoms with Crippen molar-refractivity contribution in [3.8, 4) is 0 Å². The number of hydrogen-bond donors (Lipinski definition) is 1. The van der Waals surface area contributed by atoms with Gasteiger partial charge in [-0.15, -0.1) is 11.3 Å². The minimum absolute atomic E-state index is 0.0884. The molecule has 1 aromatic heterocycles. The Morgan fingerprint density at radius 2 is 1.95 bits per heavy atom. The molecule has 0 aliphatic heterocycles. The fourth-order valence-electron chi connectivity index (χ4n) is 1.68. The van der Waals surface area contributed by atoms with Crippen LogP contribution in [0.5, 0.6) is 0 Å². The largest absolute Gasteiger partial charge is 0.406 e. The van der Waals surface area contributed by atoms with Gasteiger partial charge in [0.1, 0.15) is 6.54 Å². The summed E-state index contributed by atoms with van der Waals surface area (Å²) in [5, 5.41) is 4.98. The number of primary sulfonamides is 1. The molecule has 10 heteroatoms. The number of aryl methyl sites for hydroxylation is 1. The van der Waals surface area contributed by atoms with Gasteiger partial charge in [-0.05, 0) is 26.8 Å². The molecular formula is C11H15F3N2O3S2. The van der Waals surface area contributed by atoms with Crippen molar-refractivity contribution in [1.29, 1.82) is 0 Å². The summed E-state index contributed by atoms with van der Waals surface area (Å²) in [6.07, 6.45) is -4.53. The predicted molar refractivity (Wildman–Crippen MR) is 72.7 cm³/mol. The second kappa shape index (κ2) is 5.93. The SMILES string of the molecule is Cc1sc(C(=O)N(CC(F)(F)F)C(C)C)cc1S(N)(=O)=O. The van der Waals surface area contributed by atoms with Crippen molar-refractivity contribution in [1.82, 2.24) is 4.90 Å². The van der Waals surface area contributed by atoms with E-state index >= 15 is 0 Å². The van der Waals surface area contributed by atoms with E-state index < -0.39 is 34.7 Å². The van der Waals surface area contributed by atoms with Crippen LogP contribution in [0.2, 0.25) is 0 Å². The van der Waals surface area contributed by atoms with E-state index in [4.69, 9.17) is 5.14 Å². The number of carbonyl (C=O) groups excluding carboxylic acids is 1. The molecule has 1 heterocycles. The van der Waals surface area contributed by atoms with Crippen LogP contribution in [-0.4, -0.2) is 38.0 Å². The Balaban J connectivity index is 3.17. The molecule has 5 nitrogen and oxygen atoms in total. The standard InChI is InChI=1S/C11H15F3N2O3S2/c1-6(2)16(5-11(12,13)14)10(17)8-4-9(7(3)20-8)21(15,18)19/h4,6H,5H2,1-3H3,(H2,15,18,19). The van der Waals surface area contributed by atoms with Gasteiger partial charge >= 0.3 is 6.18 Å². The Labute approximate surface area is 124 Å². The van der Waals surface area contributed by atoms with E-state index in [1.165, 1.54) is 20.8 Å². The maximum absolute atomic E-state index is 12.5. The normalized spacial score (nSPS) is 12.8. The number of nitrogens with zero attached hydrogens (tertiary/aromatic N) is 1. The highest BCUT2D eigenvalue weighted by Gasteiger charge is 2.35. The molecule has 0 saturated carbocycles. The van der Waals surface area contributed by atoms with E-state index in [1.807, 2.05) is 0 Å². The quantitative estimate of drug-likeness (QED) is 0.908. The molecule has 0 aromatic carbocycles. The van der Waals surface area contributed by atoms with Crippen LogP contribution in [0.1, 0.15) is 28.4 Å². The maximum atomic E-state index is 12.5. The van der Waals surface area contributed by atoms with E-state index in [0.717, 1.165) is 17.4 Å². The zero-order valence-electron chi connectivity index (χ0n) is 11.6. The highest BCUT2D eigenvalue weighted by atomic mass is 32.2. The van der Waals surface area contributed by atoms with Gasteiger partial charge in [-0.1, -0.05) is 0 Å². The van der Waals surface area contributed by atoms with Crippen molar-refractivity contribution in [2.45, 2.75) is 37.9 Å². The highest BCUT2D eigenvalue weighted by molar-refractivity contribution is 7.89. The Bertz CT molecular complexity index is 636. The number of alkyl halides is 3. The van der Waals surface area contributed by atoms with Gasteiger partial charge in [-0.3, -0.25) is 4.79 Å². The van der Waals surface area contributed by atoms with Crippen molar-refractivity contribution in [3.05, 3.63) is 15.8 Å². The number of thiophene rings is 1. The van der Waals surface area contributed by atoms with Crippen molar-refractivity contribution in [2.24, 2.45) is 5.14 Å². The lowest BCUT2D eigenvalue weighted by molar-refractivity contribution is -0.143. The minimum Gasteiger partial charge on any atom is -0.326 e. The van der Waals surface area contributed by atoms with Gasteiger partial charge in [0.05, 0.1) is 9.77 Å². The molecule has 0 unspecified atom stereocenters. The number of sulfonamides is 1. The molecule has 2 N–H and O–H groups in total. The van der Waals surface area contributed by atoms with Crippen molar-refractivity contribution in [3.63, 3.8) is 0 Å². The molecule has 120 valence electrons. The first-order valence-electron chi connectivity index (χ1n) is 5.84. The van der Waals surface area contributed by atoms with Crippen LogP contribution >= 0.6 is 11.3 Å². The summed E-state index contributed by atoms with van der Waals surface area (Å²) in [5.74, 6) is -0.870. The lowest BCUT2D eigenvalue weighted by Gasteiger charge is -2.27. The van der Waals surface area contributed by atoms with Crippen LogP contribution in [0, 0.1) is 6.92 Å². The Kier molecular flexibility index (Phi) is 5.06. The molecule has 0 aliphatic rings. The van der Waals surface area contributed by atoms with Crippen LogP contribution in [-0.2, 0) is 10.0 Å². The Morgan fingerprint density at radius 1 is 1.43 bits per heavy atom. The smallest absolute Gasteiger partial charge is 0.326 e. The van der Waals surface area contributed by atoms with Crippen molar-refractivity contribution in [2.75, 3.05) is 6.54 Å². The predicted octanol–water partition coefficient (Wildman–Crippen LogP) is 2.12. The zero-order chi connectivity index (χ0) is 16.6. The van der Waals surface area contributed by atoms with Gasteiger partial charge < -0.3 is 4.90 Å². The first-order chi connectivity index (χ1) is 9.33. The average molecular weight is 344 g/mol. The third-order valence-corrected chi connectivity index (χ3v) is 4.83. The number of hydrogen-bond acceptors (Lipinski definition) is 4. The molecule has 0 spiro atoms. The van der Waals surface area contributed by atoms with E-state index in [1.54, 1.807) is 0 Å². The lowest BCUT2D eigenvalue weighted by atomic mass is 10.3. The van der Waals surface area contributed by atoms with Gasteiger partial charge in [0.2, 0.25) is 10.0 Å². The number of carbonyl (C=O) groups is 1. The molecule has 1 rings (SSSR count). The molecule has 0 fully saturated rings. The first kappa shape index (κ1) is 17.9. The summed E-state index contributed by atoms with van der Waals surface area (Å²) >= 11 is 0.803. The number of halogens is 3. The van der Waals surface area contributed by atoms with Gasteiger partial charge in [0.15, 0.2) is 0 Å². The maximum Gasteiger partial charge on any atom is 0.406 e. The van der Waals surface area contributed by atoms with Gasteiger partial charge in [0, 0.05) is 10.9 Å². The average Bonchev–Trinajstić information content (AvgIpc) is 2.65. The van der Waals surface area contributed by atoms with E-state index in [9.17, 15) is 26.4 Å². The van der Waals surface area contributed by atoms with E-state index in [2.05, 4.69) is 0 Å². The number of nitrogens with two attached hydrogens (primary N) is 1. The highest BCUT2D eigenvalue weighted by Crippen LogP contribution is 2.27. The molecule has 0 saturated heterocycles. The van der Waals surface area contributed by atoms with Crippen molar-refractivity contribution < 1.29 is 26.4 Å². The summed E-state index contributed by atoms with van der Waals surface area (Å²) in [6, 6.07) is 0.336. The topological polar surface area (TPSA) is 80.5 Å². The third kappa shape index (κ3) is 4.68.